The van der Waals surface area contributed by atoms with Crippen LogP contribution in [0.3, 0.4) is 0 Å². The van der Waals surface area contributed by atoms with Gasteiger partial charge < -0.3 is 15.8 Å². The van der Waals surface area contributed by atoms with E-state index in [-0.39, 0.29) is 6.61 Å². The van der Waals surface area contributed by atoms with Crippen molar-refractivity contribution in [1.29, 1.82) is 0 Å². The molecule has 23 heavy (non-hydrogen) atoms. The van der Waals surface area contributed by atoms with Crippen LogP contribution in [0.15, 0.2) is 36.7 Å². The molecule has 2 aromatic rings. The second-order valence-corrected chi connectivity index (χ2v) is 5.30. The van der Waals surface area contributed by atoms with Gasteiger partial charge in [-0.2, -0.15) is 0 Å². The number of nitrogens with two attached hydrogens (primary N) is 1. The maximum atomic E-state index is 11.2. The van der Waals surface area contributed by atoms with Crippen molar-refractivity contribution in [2.45, 2.75) is 25.7 Å². The van der Waals surface area contributed by atoms with Gasteiger partial charge in [0.2, 0.25) is 0 Å². The standard InChI is InChI=1S/C17H21N3O3/c18-16(21)12-23-17(22)20-9-5-1-2-6-13-10-19-11-14-7-3-4-8-15(13)14/h3-4,7-8,10-11H,1-2,5-6,9,12H2,(H2,18,21)(H,20,22). The van der Waals surface area contributed by atoms with Crippen molar-refractivity contribution in [3.05, 3.63) is 42.2 Å². The van der Waals surface area contributed by atoms with E-state index >= 15 is 0 Å². The fourth-order valence-corrected chi connectivity index (χ4v) is 2.37. The molecule has 0 saturated heterocycles. The average molecular weight is 315 g/mol. The highest BCUT2D eigenvalue weighted by molar-refractivity contribution is 5.84. The molecule has 0 radical (unpaired) electrons. The van der Waals surface area contributed by atoms with E-state index in [0.717, 1.165) is 31.1 Å². The summed E-state index contributed by atoms with van der Waals surface area (Å²) in [4.78, 5) is 25.9. The van der Waals surface area contributed by atoms with E-state index in [0.29, 0.717) is 6.54 Å². The predicted molar refractivity (Wildman–Crippen MR) is 87.8 cm³/mol. The highest BCUT2D eigenvalue weighted by Crippen LogP contribution is 2.18. The summed E-state index contributed by atoms with van der Waals surface area (Å²) in [5.74, 6) is -0.663. The van der Waals surface area contributed by atoms with Gasteiger partial charge in [-0.3, -0.25) is 9.78 Å². The predicted octanol–water partition coefficient (Wildman–Crippen LogP) is 2.16. The van der Waals surface area contributed by atoms with E-state index in [4.69, 9.17) is 5.73 Å². The summed E-state index contributed by atoms with van der Waals surface area (Å²) in [6.45, 7) is 0.130. The first-order valence-electron chi connectivity index (χ1n) is 7.67. The van der Waals surface area contributed by atoms with Gasteiger partial charge in [-0.25, -0.2) is 4.79 Å². The van der Waals surface area contributed by atoms with E-state index < -0.39 is 12.0 Å². The minimum Gasteiger partial charge on any atom is -0.439 e. The summed E-state index contributed by atoms with van der Waals surface area (Å²) in [5, 5.41) is 4.99. The topological polar surface area (TPSA) is 94.3 Å². The van der Waals surface area contributed by atoms with Crippen molar-refractivity contribution in [3.8, 4) is 0 Å². The molecule has 2 rings (SSSR count). The lowest BCUT2D eigenvalue weighted by Crippen LogP contribution is -2.29. The summed E-state index contributed by atoms with van der Waals surface area (Å²) >= 11 is 0. The monoisotopic (exact) mass is 315 g/mol. The zero-order valence-corrected chi connectivity index (χ0v) is 13.0. The molecule has 2 amide bonds. The quantitative estimate of drug-likeness (QED) is 0.730. The van der Waals surface area contributed by atoms with Gasteiger partial charge in [0.25, 0.3) is 5.91 Å². The van der Waals surface area contributed by atoms with Crippen molar-refractivity contribution >= 4 is 22.8 Å². The number of rotatable bonds is 8. The number of amides is 2. The van der Waals surface area contributed by atoms with Crippen molar-refractivity contribution in [1.82, 2.24) is 10.3 Å². The number of nitrogens with one attached hydrogen (secondary N) is 1. The number of ether oxygens (including phenoxy) is 1. The lowest BCUT2D eigenvalue weighted by molar-refractivity contribution is -0.120. The summed E-state index contributed by atoms with van der Waals surface area (Å²) < 4.78 is 4.59. The SMILES string of the molecule is NC(=O)COC(=O)NCCCCCc1cncc2ccccc12. The number of aryl methyl sites for hydroxylation is 1. The number of hydrogen-bond donors (Lipinski definition) is 2. The lowest BCUT2D eigenvalue weighted by atomic mass is 10.0. The second-order valence-electron chi connectivity index (χ2n) is 5.30. The Morgan fingerprint density at radius 3 is 2.78 bits per heavy atom. The van der Waals surface area contributed by atoms with Gasteiger partial charge >= 0.3 is 6.09 Å². The number of alkyl carbamates (subject to hydrolysis) is 1. The largest absolute Gasteiger partial charge is 0.439 e. The Morgan fingerprint density at radius 2 is 1.96 bits per heavy atom. The molecule has 1 heterocycles. The Kier molecular flexibility index (Phi) is 6.35. The van der Waals surface area contributed by atoms with Crippen molar-refractivity contribution in [3.63, 3.8) is 0 Å². The third kappa shape index (κ3) is 5.58. The molecule has 0 atom stereocenters. The Hall–Kier alpha value is -2.63. The number of hydrogen-bond acceptors (Lipinski definition) is 4. The summed E-state index contributed by atoms with van der Waals surface area (Å²) in [6.07, 6.45) is 7.00. The molecule has 0 fully saturated rings. The summed E-state index contributed by atoms with van der Waals surface area (Å²) in [7, 11) is 0. The fourth-order valence-electron chi connectivity index (χ4n) is 2.37. The van der Waals surface area contributed by atoms with Crippen LogP contribution in [0.1, 0.15) is 24.8 Å². The minimum absolute atomic E-state index is 0.389. The van der Waals surface area contributed by atoms with E-state index in [9.17, 15) is 9.59 Å². The number of aromatic nitrogens is 1. The highest BCUT2D eigenvalue weighted by Gasteiger charge is 2.04. The number of benzene rings is 1. The van der Waals surface area contributed by atoms with Crippen molar-refractivity contribution in [2.75, 3.05) is 13.2 Å². The molecular weight excluding hydrogens is 294 g/mol. The third-order valence-electron chi connectivity index (χ3n) is 3.49. The van der Waals surface area contributed by atoms with Crippen LogP contribution in [0.5, 0.6) is 0 Å². The molecule has 0 unspecified atom stereocenters. The van der Waals surface area contributed by atoms with Crippen LogP contribution < -0.4 is 11.1 Å². The molecule has 6 nitrogen and oxygen atoms in total. The molecule has 0 aliphatic heterocycles. The Bertz CT molecular complexity index is 668. The van der Waals surface area contributed by atoms with Gasteiger partial charge in [0.1, 0.15) is 0 Å². The Labute approximate surface area is 135 Å². The summed E-state index contributed by atoms with van der Waals surface area (Å²) in [5.41, 5.74) is 6.13. The molecule has 0 saturated carbocycles. The Morgan fingerprint density at radius 1 is 1.13 bits per heavy atom. The summed E-state index contributed by atoms with van der Waals surface area (Å²) in [6, 6.07) is 8.22. The molecule has 0 bridgehead atoms. The minimum atomic E-state index is -0.663. The first-order valence-corrected chi connectivity index (χ1v) is 7.67. The van der Waals surface area contributed by atoms with Crippen LogP contribution in [-0.4, -0.2) is 30.1 Å². The van der Waals surface area contributed by atoms with E-state index in [2.05, 4.69) is 27.2 Å². The molecule has 1 aromatic heterocycles. The lowest BCUT2D eigenvalue weighted by Gasteiger charge is -2.07. The number of nitrogens with zero attached hydrogens (tertiary/aromatic N) is 1. The number of primary amides is 1. The molecule has 1 aromatic carbocycles. The number of fused-ring (bicyclic) bond motifs is 1. The van der Waals surface area contributed by atoms with Crippen LogP contribution in [0.25, 0.3) is 10.8 Å². The highest BCUT2D eigenvalue weighted by atomic mass is 16.6. The van der Waals surface area contributed by atoms with Crippen LogP contribution >= 0.6 is 0 Å². The van der Waals surface area contributed by atoms with E-state index in [1.165, 1.54) is 10.9 Å². The second kappa shape index (κ2) is 8.73. The Balaban J connectivity index is 1.65. The van der Waals surface area contributed by atoms with Crippen LogP contribution in [0, 0.1) is 0 Å². The molecule has 0 spiro atoms. The first-order chi connectivity index (χ1) is 11.2. The van der Waals surface area contributed by atoms with Crippen LogP contribution in [0.2, 0.25) is 0 Å². The number of unbranched alkanes of at least 4 members (excludes halogenated alkanes) is 2. The maximum absolute atomic E-state index is 11.2. The molecule has 6 heteroatoms. The van der Waals surface area contributed by atoms with Gasteiger partial charge in [-0.15, -0.1) is 0 Å². The fraction of sp³-hybridized carbons (Fsp3) is 0.353. The maximum Gasteiger partial charge on any atom is 0.407 e. The number of carbonyl (C=O) groups excluding carboxylic acids is 2. The normalized spacial score (nSPS) is 10.4. The van der Waals surface area contributed by atoms with Crippen molar-refractivity contribution in [2.24, 2.45) is 5.73 Å². The molecule has 0 aliphatic rings. The molecule has 122 valence electrons. The number of carbonyl (C=O) groups is 2. The van der Waals surface area contributed by atoms with E-state index in [1.54, 1.807) is 0 Å². The number of pyridine rings is 1. The van der Waals surface area contributed by atoms with Gasteiger partial charge in [-0.1, -0.05) is 30.7 Å². The van der Waals surface area contributed by atoms with Crippen molar-refractivity contribution < 1.29 is 14.3 Å². The average Bonchev–Trinajstić information content (AvgIpc) is 2.56. The zero-order chi connectivity index (χ0) is 16.5. The zero-order valence-electron chi connectivity index (χ0n) is 13.0. The van der Waals surface area contributed by atoms with Gasteiger partial charge in [-0.05, 0) is 30.2 Å². The first kappa shape index (κ1) is 16.7. The van der Waals surface area contributed by atoms with E-state index in [1.807, 2.05) is 24.5 Å². The molecule has 3 N–H and O–H groups in total. The van der Waals surface area contributed by atoms with Crippen LogP contribution in [-0.2, 0) is 16.0 Å². The smallest absolute Gasteiger partial charge is 0.407 e. The molecular formula is C17H21N3O3. The van der Waals surface area contributed by atoms with Gasteiger partial charge in [0, 0.05) is 24.3 Å². The van der Waals surface area contributed by atoms with Gasteiger partial charge in [0.05, 0.1) is 0 Å². The van der Waals surface area contributed by atoms with Gasteiger partial charge in [0.15, 0.2) is 6.61 Å². The third-order valence-corrected chi connectivity index (χ3v) is 3.49. The van der Waals surface area contributed by atoms with Crippen LogP contribution in [0.4, 0.5) is 4.79 Å². The molecule has 0 aliphatic carbocycles.